The Hall–Kier alpha value is -2.25. The summed E-state index contributed by atoms with van der Waals surface area (Å²) in [4.78, 5) is 0. The van der Waals surface area contributed by atoms with Gasteiger partial charge in [-0.2, -0.15) is 11.8 Å². The van der Waals surface area contributed by atoms with Gasteiger partial charge in [0.15, 0.2) is 11.5 Å². The van der Waals surface area contributed by atoms with Crippen molar-refractivity contribution in [1.29, 1.82) is 0 Å². The quantitative estimate of drug-likeness (QED) is 0.376. The van der Waals surface area contributed by atoms with Crippen molar-refractivity contribution in [3.63, 3.8) is 0 Å². The van der Waals surface area contributed by atoms with Gasteiger partial charge in [0.2, 0.25) is 5.75 Å². The third-order valence-electron chi connectivity index (χ3n) is 7.17. The topological polar surface area (TPSA) is 69.2 Å². The van der Waals surface area contributed by atoms with Gasteiger partial charge >= 0.3 is 0 Å². The molecule has 3 unspecified atom stereocenters. The number of hydrogen-bond acceptors (Lipinski definition) is 7. The minimum absolute atomic E-state index is 0.0737. The van der Waals surface area contributed by atoms with E-state index in [4.69, 9.17) is 18.9 Å². The van der Waals surface area contributed by atoms with Crippen molar-refractivity contribution < 1.29 is 24.1 Å². The lowest BCUT2D eigenvalue weighted by molar-refractivity contribution is 0.0978. The highest BCUT2D eigenvalue weighted by molar-refractivity contribution is 7.99. The van der Waals surface area contributed by atoms with Crippen molar-refractivity contribution in [3.8, 4) is 28.7 Å². The Morgan fingerprint density at radius 3 is 2.36 bits per heavy atom. The van der Waals surface area contributed by atoms with Gasteiger partial charge in [-0.3, -0.25) is 0 Å². The zero-order chi connectivity index (χ0) is 26.4. The molecule has 1 fully saturated rings. The molecule has 1 aliphatic rings. The van der Waals surface area contributed by atoms with E-state index in [9.17, 15) is 5.11 Å². The number of methoxy groups -OCH3 is 3. The molecule has 200 valence electrons. The highest BCUT2D eigenvalue weighted by Gasteiger charge is 2.35. The summed E-state index contributed by atoms with van der Waals surface area (Å²) in [5.41, 5.74) is 3.85. The summed E-state index contributed by atoms with van der Waals surface area (Å²) in [6, 6.07) is 5.99. The van der Waals surface area contributed by atoms with E-state index < -0.39 is 0 Å². The predicted octanol–water partition coefficient (Wildman–Crippen LogP) is 6.05. The fourth-order valence-electron chi connectivity index (χ4n) is 5.00. The summed E-state index contributed by atoms with van der Waals surface area (Å²) in [6.07, 6.45) is 2.13. The summed E-state index contributed by atoms with van der Waals surface area (Å²) >= 11 is 1.96. The first-order valence-electron chi connectivity index (χ1n) is 12.8. The van der Waals surface area contributed by atoms with E-state index in [0.29, 0.717) is 34.3 Å². The third kappa shape index (κ3) is 6.35. The fraction of sp³-hybridized carbons (Fsp3) is 0.586. The predicted molar refractivity (Wildman–Crippen MR) is 148 cm³/mol. The lowest BCUT2D eigenvalue weighted by Gasteiger charge is -2.38. The Bertz CT molecular complexity index is 1030. The van der Waals surface area contributed by atoms with E-state index in [0.717, 1.165) is 65.4 Å². The molecule has 0 aromatic heterocycles. The van der Waals surface area contributed by atoms with E-state index in [1.54, 1.807) is 21.3 Å². The van der Waals surface area contributed by atoms with Crippen LogP contribution in [0.1, 0.15) is 48.9 Å². The van der Waals surface area contributed by atoms with Crippen molar-refractivity contribution in [1.82, 2.24) is 5.32 Å². The fourth-order valence-corrected chi connectivity index (χ4v) is 6.43. The summed E-state index contributed by atoms with van der Waals surface area (Å²) in [6.45, 7) is 12.4. The molecule has 0 saturated carbocycles. The zero-order valence-electron chi connectivity index (χ0n) is 23.1. The molecule has 7 heteroatoms. The van der Waals surface area contributed by atoms with Crippen molar-refractivity contribution in [2.75, 3.05) is 34.4 Å². The molecular weight excluding hydrogens is 474 g/mol. The minimum atomic E-state index is 0.0737. The van der Waals surface area contributed by atoms with Gasteiger partial charge in [0.25, 0.3) is 0 Å². The summed E-state index contributed by atoms with van der Waals surface area (Å²) in [5.74, 6) is 4.95. The number of rotatable bonds is 11. The number of aromatic hydroxyl groups is 1. The first-order chi connectivity index (χ1) is 17.2. The molecule has 2 aromatic carbocycles. The lowest BCUT2D eigenvalue weighted by Crippen LogP contribution is -2.47. The smallest absolute Gasteiger partial charge is 0.203 e. The molecule has 2 N–H and O–H groups in total. The monoisotopic (exact) mass is 517 g/mol. The molecule has 1 aliphatic heterocycles. The van der Waals surface area contributed by atoms with Crippen LogP contribution in [0.25, 0.3) is 0 Å². The van der Waals surface area contributed by atoms with Crippen LogP contribution in [0, 0.1) is 32.6 Å². The molecule has 0 aliphatic carbocycles. The normalized spacial score (nSPS) is 18.7. The zero-order valence-corrected chi connectivity index (χ0v) is 23.9. The molecule has 1 saturated heterocycles. The first-order valence-corrected chi connectivity index (χ1v) is 13.8. The maximum absolute atomic E-state index is 10.4. The van der Waals surface area contributed by atoms with E-state index in [1.165, 1.54) is 0 Å². The van der Waals surface area contributed by atoms with Gasteiger partial charge < -0.3 is 29.4 Å². The maximum atomic E-state index is 10.4. The van der Waals surface area contributed by atoms with E-state index in [-0.39, 0.29) is 6.10 Å². The molecule has 36 heavy (non-hydrogen) atoms. The molecule has 1 heterocycles. The Kier molecular flexibility index (Phi) is 10.1. The van der Waals surface area contributed by atoms with Gasteiger partial charge in [-0.25, -0.2) is 0 Å². The summed E-state index contributed by atoms with van der Waals surface area (Å²) in [5, 5.41) is 14.4. The largest absolute Gasteiger partial charge is 0.507 e. The number of phenolic OH excluding ortho intramolecular Hbond substituents is 1. The Morgan fingerprint density at radius 1 is 1.00 bits per heavy atom. The van der Waals surface area contributed by atoms with E-state index in [2.05, 4.69) is 25.2 Å². The van der Waals surface area contributed by atoms with Crippen LogP contribution in [-0.4, -0.2) is 50.9 Å². The molecule has 0 radical (unpaired) electrons. The van der Waals surface area contributed by atoms with Gasteiger partial charge in [-0.1, -0.05) is 19.9 Å². The number of piperidine rings is 1. The van der Waals surface area contributed by atoms with E-state index >= 15 is 0 Å². The van der Waals surface area contributed by atoms with Gasteiger partial charge in [-0.05, 0) is 74.9 Å². The van der Waals surface area contributed by atoms with Crippen LogP contribution >= 0.6 is 11.8 Å². The average Bonchev–Trinajstić information content (AvgIpc) is 2.87. The second kappa shape index (κ2) is 12.8. The van der Waals surface area contributed by atoms with Crippen LogP contribution in [0.2, 0.25) is 0 Å². The maximum Gasteiger partial charge on any atom is 0.203 e. The molecule has 3 rings (SSSR count). The molecule has 3 atom stereocenters. The van der Waals surface area contributed by atoms with Crippen molar-refractivity contribution in [2.45, 2.75) is 64.6 Å². The van der Waals surface area contributed by atoms with Crippen LogP contribution in [0.4, 0.5) is 0 Å². The number of aryl methyl sites for hydroxylation is 1. The van der Waals surface area contributed by atoms with Gasteiger partial charge in [0, 0.05) is 29.0 Å². The van der Waals surface area contributed by atoms with Crippen molar-refractivity contribution in [3.05, 3.63) is 40.5 Å². The summed E-state index contributed by atoms with van der Waals surface area (Å²) < 4.78 is 23.5. The van der Waals surface area contributed by atoms with Gasteiger partial charge in [0.05, 0.1) is 21.3 Å². The van der Waals surface area contributed by atoms with Crippen LogP contribution < -0.4 is 24.3 Å². The number of phenols is 1. The third-order valence-corrected chi connectivity index (χ3v) is 8.66. The van der Waals surface area contributed by atoms with Crippen molar-refractivity contribution >= 4 is 11.8 Å². The van der Waals surface area contributed by atoms with Gasteiger partial charge in [-0.15, -0.1) is 0 Å². The first kappa shape index (κ1) is 28.3. The molecule has 6 nitrogen and oxygen atoms in total. The number of hydrogen-bond donors (Lipinski definition) is 2. The highest BCUT2D eigenvalue weighted by atomic mass is 32.2. The number of thioether (sulfide) groups is 1. The van der Waals surface area contributed by atoms with E-state index in [1.807, 2.05) is 44.7 Å². The highest BCUT2D eigenvalue weighted by Crippen LogP contribution is 2.43. The molecule has 2 aromatic rings. The van der Waals surface area contributed by atoms with Crippen molar-refractivity contribution in [2.24, 2.45) is 11.8 Å². The second-order valence-electron chi connectivity index (χ2n) is 10.1. The van der Waals surface area contributed by atoms with Crippen LogP contribution in [-0.2, 0) is 5.75 Å². The molecule has 0 spiro atoms. The van der Waals surface area contributed by atoms with Crippen LogP contribution in [0.3, 0.4) is 0 Å². The average molecular weight is 518 g/mol. The summed E-state index contributed by atoms with van der Waals surface area (Å²) in [7, 11) is 4.96. The second-order valence-corrected chi connectivity index (χ2v) is 11.3. The van der Waals surface area contributed by atoms with Crippen LogP contribution in [0.15, 0.2) is 18.2 Å². The number of benzene rings is 2. The molecule has 0 amide bonds. The number of ether oxygens (including phenoxy) is 4. The SMILES string of the molecule is COc1ccc(CSC2CCNCC2C(CC(C)C)Oc2cc(C)c(O)c(C)c2C)c(OC)c1OC. The Morgan fingerprint density at radius 2 is 1.72 bits per heavy atom. The van der Waals surface area contributed by atoms with Gasteiger partial charge in [0.1, 0.15) is 17.6 Å². The standard InChI is InChI=1S/C29H43NO5S/c1-17(2)13-25(35-24-14-18(3)27(31)20(5)19(24)4)22-15-30-12-11-26(22)36-16-21-9-10-23(32-6)29(34-8)28(21)33-7/h9-10,14,17,22,25-26,30-31H,11-13,15-16H2,1-8H3. The Labute approximate surface area is 221 Å². The molecule has 0 bridgehead atoms. The van der Waals surface area contributed by atoms with Crippen LogP contribution in [0.5, 0.6) is 28.7 Å². The Balaban J connectivity index is 1.85. The lowest BCUT2D eigenvalue weighted by atomic mass is 9.88. The number of nitrogens with one attached hydrogen (secondary N) is 1. The minimum Gasteiger partial charge on any atom is -0.507 e. The molecular formula is C29H43NO5S.